The van der Waals surface area contributed by atoms with E-state index in [4.69, 9.17) is 21.1 Å². The first-order valence-corrected chi connectivity index (χ1v) is 10.4. The third-order valence-electron chi connectivity index (χ3n) is 5.00. The monoisotopic (exact) mass is 450 g/mol. The number of aryl methyl sites for hydroxylation is 1. The predicted molar refractivity (Wildman–Crippen MR) is 125 cm³/mol. The van der Waals surface area contributed by atoms with Gasteiger partial charge in [-0.1, -0.05) is 29.8 Å². The minimum absolute atomic E-state index is 0.266. The molecular weight excluding hydrogens is 428 g/mol. The highest BCUT2D eigenvalue weighted by molar-refractivity contribution is 6.32. The van der Waals surface area contributed by atoms with Gasteiger partial charge in [-0.15, -0.1) is 10.2 Å². The molecule has 32 heavy (non-hydrogen) atoms. The minimum atomic E-state index is -1.07. The van der Waals surface area contributed by atoms with E-state index in [0.717, 1.165) is 5.56 Å². The molecule has 8 heteroatoms. The van der Waals surface area contributed by atoms with Crippen molar-refractivity contribution >= 4 is 34.2 Å². The largest absolute Gasteiger partial charge is 0.495 e. The predicted octanol–water partition coefficient (Wildman–Crippen LogP) is 5.19. The zero-order valence-corrected chi connectivity index (χ0v) is 19.0. The molecule has 1 heterocycles. The molecule has 0 saturated heterocycles. The maximum atomic E-state index is 12.9. The summed E-state index contributed by atoms with van der Waals surface area (Å²) in [6.07, 6.45) is 0. The van der Waals surface area contributed by atoms with Crippen LogP contribution in [-0.4, -0.2) is 33.6 Å². The summed E-state index contributed by atoms with van der Waals surface area (Å²) in [6.45, 7) is 5.36. The van der Waals surface area contributed by atoms with Crippen molar-refractivity contribution in [2.45, 2.75) is 26.4 Å². The first-order valence-electron chi connectivity index (χ1n) is 10.0. The number of nitrogens with zero attached hydrogens (tertiary/aromatic N) is 3. The summed E-state index contributed by atoms with van der Waals surface area (Å²) in [4.78, 5) is 14.5. The average Bonchev–Trinajstić information content (AvgIpc) is 3.17. The van der Waals surface area contributed by atoms with Crippen molar-refractivity contribution in [2.24, 2.45) is 0 Å². The number of hydrogen-bond acceptors (Lipinski definition) is 5. The van der Waals surface area contributed by atoms with Gasteiger partial charge in [0.15, 0.2) is 5.60 Å². The summed E-state index contributed by atoms with van der Waals surface area (Å²) >= 11 is 6.23. The molecule has 0 aliphatic rings. The van der Waals surface area contributed by atoms with Gasteiger partial charge in [0.2, 0.25) is 0 Å². The third-order valence-corrected chi connectivity index (χ3v) is 5.30. The Balaban J connectivity index is 1.59. The quantitative estimate of drug-likeness (QED) is 0.437. The van der Waals surface area contributed by atoms with Crippen LogP contribution in [0.5, 0.6) is 11.5 Å². The highest BCUT2D eigenvalue weighted by Gasteiger charge is 2.30. The molecule has 4 rings (SSSR count). The number of amides is 1. The van der Waals surface area contributed by atoms with E-state index < -0.39 is 5.60 Å². The normalized spacial score (nSPS) is 11.4. The lowest BCUT2D eigenvalue weighted by molar-refractivity contribution is -0.128. The lowest BCUT2D eigenvalue weighted by atomic mass is 10.1. The fourth-order valence-corrected chi connectivity index (χ4v) is 3.45. The lowest BCUT2D eigenvalue weighted by Gasteiger charge is -2.25. The topological polar surface area (TPSA) is 78.3 Å². The maximum absolute atomic E-state index is 12.9. The molecule has 1 aromatic heterocycles. The van der Waals surface area contributed by atoms with Crippen molar-refractivity contribution in [1.82, 2.24) is 15.0 Å². The van der Waals surface area contributed by atoms with Gasteiger partial charge in [-0.25, -0.2) is 0 Å². The van der Waals surface area contributed by atoms with Crippen molar-refractivity contribution in [3.8, 4) is 17.2 Å². The molecule has 0 unspecified atom stereocenters. The summed E-state index contributed by atoms with van der Waals surface area (Å²) in [5.74, 6) is 0.937. The van der Waals surface area contributed by atoms with Crippen LogP contribution in [0.25, 0.3) is 16.7 Å². The summed E-state index contributed by atoms with van der Waals surface area (Å²) < 4.78 is 11.1. The van der Waals surface area contributed by atoms with Gasteiger partial charge in [0.05, 0.1) is 17.8 Å². The fourth-order valence-electron chi connectivity index (χ4n) is 3.20. The van der Waals surface area contributed by atoms with E-state index in [-0.39, 0.29) is 5.91 Å². The van der Waals surface area contributed by atoms with Gasteiger partial charge in [-0.05, 0) is 68.8 Å². The molecule has 0 aliphatic carbocycles. The van der Waals surface area contributed by atoms with Gasteiger partial charge in [-0.3, -0.25) is 4.79 Å². The first-order chi connectivity index (χ1) is 15.3. The number of carbonyl (C=O) groups excluding carboxylic acids is 1. The number of hydrogen-bond donors (Lipinski definition) is 1. The Labute approximate surface area is 190 Å². The molecule has 1 N–H and O–H groups in total. The molecular formula is C24H23ClN4O3. The molecule has 0 radical (unpaired) electrons. The van der Waals surface area contributed by atoms with E-state index in [1.54, 1.807) is 39.2 Å². The first kappa shape index (κ1) is 21.6. The standard InChI is InChI=1S/C24H23ClN4O3/c1-15-12-20-21(28-29(27-20)16-10-11-22(31-4)18(25)13-16)14-19(15)26-23(30)24(2,3)32-17-8-6-5-7-9-17/h5-14H,1-4H3,(H,26,30). The van der Waals surface area contributed by atoms with Gasteiger partial charge in [0, 0.05) is 5.69 Å². The van der Waals surface area contributed by atoms with Crippen LogP contribution in [0.1, 0.15) is 19.4 Å². The third kappa shape index (κ3) is 4.38. The number of aromatic nitrogens is 3. The van der Waals surface area contributed by atoms with E-state index in [9.17, 15) is 4.79 Å². The van der Waals surface area contributed by atoms with E-state index >= 15 is 0 Å². The molecule has 0 bridgehead atoms. The van der Waals surface area contributed by atoms with Gasteiger partial charge in [0.1, 0.15) is 22.5 Å². The lowest BCUT2D eigenvalue weighted by Crippen LogP contribution is -2.42. The number of methoxy groups -OCH3 is 1. The van der Waals surface area contributed by atoms with Crippen molar-refractivity contribution in [2.75, 3.05) is 12.4 Å². The van der Waals surface area contributed by atoms with Crippen molar-refractivity contribution < 1.29 is 14.3 Å². The molecule has 164 valence electrons. The van der Waals surface area contributed by atoms with Crippen LogP contribution in [-0.2, 0) is 4.79 Å². The Morgan fingerprint density at radius 1 is 1.03 bits per heavy atom. The zero-order chi connectivity index (χ0) is 22.9. The number of benzene rings is 3. The van der Waals surface area contributed by atoms with Crippen LogP contribution in [0.2, 0.25) is 5.02 Å². The van der Waals surface area contributed by atoms with Crippen LogP contribution >= 0.6 is 11.6 Å². The minimum Gasteiger partial charge on any atom is -0.495 e. The number of halogens is 1. The number of ether oxygens (including phenoxy) is 2. The average molecular weight is 451 g/mol. The van der Waals surface area contributed by atoms with Gasteiger partial charge >= 0.3 is 0 Å². The second-order valence-electron chi connectivity index (χ2n) is 7.84. The molecule has 3 aromatic carbocycles. The van der Waals surface area contributed by atoms with Crippen LogP contribution in [0.15, 0.2) is 60.7 Å². The molecule has 7 nitrogen and oxygen atoms in total. The molecule has 0 fully saturated rings. The molecule has 4 aromatic rings. The molecule has 0 atom stereocenters. The Morgan fingerprint density at radius 2 is 1.72 bits per heavy atom. The summed E-state index contributed by atoms with van der Waals surface area (Å²) in [5.41, 5.74) is 2.48. The van der Waals surface area contributed by atoms with Crippen molar-refractivity contribution in [3.05, 3.63) is 71.2 Å². The Bertz CT molecular complexity index is 1290. The van der Waals surface area contributed by atoms with Crippen LogP contribution < -0.4 is 14.8 Å². The summed E-state index contributed by atoms with van der Waals surface area (Å²) in [7, 11) is 1.56. The van der Waals surface area contributed by atoms with E-state index in [0.29, 0.717) is 38.9 Å². The second kappa shape index (κ2) is 8.51. The van der Waals surface area contributed by atoms with Crippen molar-refractivity contribution in [1.29, 1.82) is 0 Å². The second-order valence-corrected chi connectivity index (χ2v) is 8.25. The highest BCUT2D eigenvalue weighted by Crippen LogP contribution is 2.28. The number of rotatable bonds is 6. The fraction of sp³-hybridized carbons (Fsp3) is 0.208. The van der Waals surface area contributed by atoms with Gasteiger partial charge < -0.3 is 14.8 Å². The van der Waals surface area contributed by atoms with Gasteiger partial charge in [0.25, 0.3) is 5.91 Å². The van der Waals surface area contributed by atoms with E-state index in [1.165, 1.54) is 4.80 Å². The number of nitrogens with one attached hydrogen (secondary N) is 1. The molecule has 0 saturated carbocycles. The smallest absolute Gasteiger partial charge is 0.267 e. The Kier molecular flexibility index (Phi) is 5.76. The van der Waals surface area contributed by atoms with E-state index in [2.05, 4.69) is 15.5 Å². The highest BCUT2D eigenvalue weighted by atomic mass is 35.5. The van der Waals surface area contributed by atoms with Gasteiger partial charge in [-0.2, -0.15) is 4.80 Å². The number of anilines is 1. The van der Waals surface area contributed by atoms with E-state index in [1.807, 2.05) is 49.4 Å². The number of para-hydroxylation sites is 1. The maximum Gasteiger partial charge on any atom is 0.267 e. The molecule has 0 spiro atoms. The molecule has 1 amide bonds. The zero-order valence-electron chi connectivity index (χ0n) is 18.2. The summed E-state index contributed by atoms with van der Waals surface area (Å²) in [5, 5.41) is 12.5. The van der Waals surface area contributed by atoms with Crippen LogP contribution in [0, 0.1) is 6.92 Å². The Hall–Kier alpha value is -3.58. The van der Waals surface area contributed by atoms with Crippen LogP contribution in [0.4, 0.5) is 5.69 Å². The Morgan fingerprint density at radius 3 is 2.38 bits per heavy atom. The van der Waals surface area contributed by atoms with Crippen molar-refractivity contribution in [3.63, 3.8) is 0 Å². The number of carbonyl (C=O) groups is 1. The molecule has 0 aliphatic heterocycles. The number of fused-ring (bicyclic) bond motifs is 1. The summed E-state index contributed by atoms with van der Waals surface area (Å²) in [6, 6.07) is 18.2. The van der Waals surface area contributed by atoms with Crippen LogP contribution in [0.3, 0.4) is 0 Å². The SMILES string of the molecule is COc1ccc(-n2nc3cc(C)c(NC(=O)C(C)(C)Oc4ccccc4)cc3n2)cc1Cl.